The Morgan fingerprint density at radius 2 is 1.94 bits per heavy atom. The van der Waals surface area contributed by atoms with E-state index in [2.05, 4.69) is 0 Å². The molecule has 1 aliphatic carbocycles. The third kappa shape index (κ3) is 2.65. The summed E-state index contributed by atoms with van der Waals surface area (Å²) in [5.74, 6) is 1.77. The van der Waals surface area contributed by atoms with Crippen molar-refractivity contribution in [1.82, 2.24) is 4.90 Å². The topological polar surface area (TPSA) is 46.3 Å². The van der Waals surface area contributed by atoms with E-state index in [4.69, 9.17) is 5.73 Å². The summed E-state index contributed by atoms with van der Waals surface area (Å²) in [5, 5.41) is 0. The molecule has 3 nitrogen and oxygen atoms in total. The number of nitrogens with two attached hydrogens (primary N) is 1. The molecule has 1 heterocycles. The molecule has 0 aromatic heterocycles. The van der Waals surface area contributed by atoms with Crippen LogP contribution in [0.4, 0.5) is 0 Å². The van der Waals surface area contributed by atoms with Gasteiger partial charge in [-0.05, 0) is 38.0 Å². The molecule has 3 atom stereocenters. The highest BCUT2D eigenvalue weighted by Crippen LogP contribution is 2.36. The standard InChI is InChI=1S/C14H26N2O/c1-3-14(2,15)13(17)16-9-8-11-6-4-5-7-12(11)10-16/h11-12H,3-10,15H2,1-2H3. The van der Waals surface area contributed by atoms with Gasteiger partial charge in [0.05, 0.1) is 5.54 Å². The lowest BCUT2D eigenvalue weighted by Gasteiger charge is -2.43. The van der Waals surface area contributed by atoms with E-state index in [1.165, 1.54) is 32.1 Å². The van der Waals surface area contributed by atoms with Crippen molar-refractivity contribution >= 4 is 5.91 Å². The maximum Gasteiger partial charge on any atom is 0.242 e. The van der Waals surface area contributed by atoms with Crippen molar-refractivity contribution in [3.05, 3.63) is 0 Å². The Balaban J connectivity index is 1.98. The summed E-state index contributed by atoms with van der Waals surface area (Å²) in [7, 11) is 0. The number of hydrogen-bond acceptors (Lipinski definition) is 2. The highest BCUT2D eigenvalue weighted by Gasteiger charge is 2.37. The van der Waals surface area contributed by atoms with Gasteiger partial charge in [0.15, 0.2) is 0 Å². The van der Waals surface area contributed by atoms with E-state index in [0.717, 1.165) is 31.3 Å². The van der Waals surface area contributed by atoms with Gasteiger partial charge < -0.3 is 10.6 Å². The summed E-state index contributed by atoms with van der Waals surface area (Å²) in [5.41, 5.74) is 5.40. The Kier molecular flexibility index (Phi) is 3.76. The van der Waals surface area contributed by atoms with Crippen molar-refractivity contribution in [3.63, 3.8) is 0 Å². The van der Waals surface area contributed by atoms with Crippen LogP contribution in [-0.2, 0) is 4.79 Å². The predicted molar refractivity (Wildman–Crippen MR) is 69.5 cm³/mol. The number of nitrogens with zero attached hydrogens (tertiary/aromatic N) is 1. The maximum absolute atomic E-state index is 12.3. The van der Waals surface area contributed by atoms with Crippen LogP contribution >= 0.6 is 0 Å². The minimum absolute atomic E-state index is 0.157. The Labute approximate surface area is 105 Å². The van der Waals surface area contributed by atoms with Gasteiger partial charge in [0.25, 0.3) is 0 Å². The second-order valence-electron chi connectivity index (χ2n) is 6.12. The van der Waals surface area contributed by atoms with Gasteiger partial charge in [0.2, 0.25) is 5.91 Å². The van der Waals surface area contributed by atoms with Crippen LogP contribution in [0.5, 0.6) is 0 Å². The van der Waals surface area contributed by atoms with Gasteiger partial charge in [0, 0.05) is 13.1 Å². The quantitative estimate of drug-likeness (QED) is 0.801. The van der Waals surface area contributed by atoms with Crippen molar-refractivity contribution in [3.8, 4) is 0 Å². The molecule has 0 aromatic rings. The molecule has 3 unspecified atom stereocenters. The Morgan fingerprint density at radius 1 is 1.29 bits per heavy atom. The summed E-state index contributed by atoms with van der Waals surface area (Å²) >= 11 is 0. The summed E-state index contributed by atoms with van der Waals surface area (Å²) in [6, 6.07) is 0. The first-order valence-corrected chi connectivity index (χ1v) is 7.13. The van der Waals surface area contributed by atoms with Gasteiger partial charge in [-0.2, -0.15) is 0 Å². The first kappa shape index (κ1) is 12.9. The molecule has 2 aliphatic rings. The van der Waals surface area contributed by atoms with E-state index in [0.29, 0.717) is 0 Å². The number of rotatable bonds is 2. The molecular weight excluding hydrogens is 212 g/mol. The first-order chi connectivity index (χ1) is 8.04. The minimum Gasteiger partial charge on any atom is -0.341 e. The fraction of sp³-hybridized carbons (Fsp3) is 0.929. The Hall–Kier alpha value is -0.570. The molecule has 1 saturated carbocycles. The molecule has 98 valence electrons. The van der Waals surface area contributed by atoms with Gasteiger partial charge in [-0.15, -0.1) is 0 Å². The van der Waals surface area contributed by atoms with Crippen LogP contribution in [0.2, 0.25) is 0 Å². The number of piperidine rings is 1. The summed E-state index contributed by atoms with van der Waals surface area (Å²) < 4.78 is 0. The smallest absolute Gasteiger partial charge is 0.242 e. The van der Waals surface area contributed by atoms with Gasteiger partial charge in [-0.25, -0.2) is 0 Å². The van der Waals surface area contributed by atoms with E-state index in [1.54, 1.807) is 0 Å². The number of amides is 1. The number of likely N-dealkylation sites (tertiary alicyclic amines) is 1. The molecule has 1 aliphatic heterocycles. The maximum atomic E-state index is 12.3. The number of carbonyl (C=O) groups excluding carboxylic acids is 1. The fourth-order valence-electron chi connectivity index (χ4n) is 3.30. The Morgan fingerprint density at radius 3 is 2.59 bits per heavy atom. The van der Waals surface area contributed by atoms with Gasteiger partial charge in [-0.1, -0.05) is 26.2 Å². The average molecular weight is 238 g/mol. The lowest BCUT2D eigenvalue weighted by Crippen LogP contribution is -2.56. The third-order valence-electron chi connectivity index (χ3n) is 4.80. The highest BCUT2D eigenvalue weighted by atomic mass is 16.2. The van der Waals surface area contributed by atoms with Crippen LogP contribution in [0.15, 0.2) is 0 Å². The van der Waals surface area contributed by atoms with Crippen molar-refractivity contribution in [2.24, 2.45) is 17.6 Å². The molecule has 2 N–H and O–H groups in total. The van der Waals surface area contributed by atoms with Gasteiger partial charge in [-0.3, -0.25) is 4.79 Å². The molecule has 3 heteroatoms. The van der Waals surface area contributed by atoms with E-state index >= 15 is 0 Å². The monoisotopic (exact) mass is 238 g/mol. The number of fused-ring (bicyclic) bond motifs is 1. The Bertz CT molecular complexity index is 288. The molecular formula is C14H26N2O. The molecule has 2 fully saturated rings. The molecule has 0 radical (unpaired) electrons. The van der Waals surface area contributed by atoms with Crippen LogP contribution in [-0.4, -0.2) is 29.4 Å². The molecule has 0 aromatic carbocycles. The lowest BCUT2D eigenvalue weighted by atomic mass is 9.75. The summed E-state index contributed by atoms with van der Waals surface area (Å²) in [6.07, 6.45) is 7.32. The average Bonchev–Trinajstić information content (AvgIpc) is 2.37. The largest absolute Gasteiger partial charge is 0.341 e. The molecule has 17 heavy (non-hydrogen) atoms. The zero-order valence-electron chi connectivity index (χ0n) is 11.2. The van der Waals surface area contributed by atoms with Crippen molar-refractivity contribution in [2.75, 3.05) is 13.1 Å². The molecule has 2 rings (SSSR count). The van der Waals surface area contributed by atoms with E-state index in [1.807, 2.05) is 18.7 Å². The summed E-state index contributed by atoms with van der Waals surface area (Å²) in [6.45, 7) is 5.73. The number of hydrogen-bond donors (Lipinski definition) is 1. The summed E-state index contributed by atoms with van der Waals surface area (Å²) in [4.78, 5) is 14.4. The van der Waals surface area contributed by atoms with Crippen LogP contribution in [0.25, 0.3) is 0 Å². The van der Waals surface area contributed by atoms with Crippen molar-refractivity contribution in [2.45, 2.75) is 57.9 Å². The lowest BCUT2D eigenvalue weighted by molar-refractivity contribution is -0.139. The van der Waals surface area contributed by atoms with E-state index < -0.39 is 5.54 Å². The van der Waals surface area contributed by atoms with E-state index in [9.17, 15) is 4.79 Å². The third-order valence-corrected chi connectivity index (χ3v) is 4.80. The van der Waals surface area contributed by atoms with Crippen LogP contribution in [0, 0.1) is 11.8 Å². The van der Waals surface area contributed by atoms with Gasteiger partial charge in [0.1, 0.15) is 0 Å². The zero-order chi connectivity index (χ0) is 12.5. The zero-order valence-corrected chi connectivity index (χ0v) is 11.2. The highest BCUT2D eigenvalue weighted by molar-refractivity contribution is 5.85. The van der Waals surface area contributed by atoms with Gasteiger partial charge >= 0.3 is 0 Å². The van der Waals surface area contributed by atoms with Crippen LogP contribution in [0.1, 0.15) is 52.4 Å². The molecule has 0 spiro atoms. The fourth-order valence-corrected chi connectivity index (χ4v) is 3.30. The van der Waals surface area contributed by atoms with Crippen LogP contribution < -0.4 is 5.73 Å². The molecule has 1 saturated heterocycles. The van der Waals surface area contributed by atoms with Crippen molar-refractivity contribution in [1.29, 1.82) is 0 Å². The first-order valence-electron chi connectivity index (χ1n) is 7.13. The van der Waals surface area contributed by atoms with Crippen LogP contribution in [0.3, 0.4) is 0 Å². The normalized spacial score (nSPS) is 32.8. The van der Waals surface area contributed by atoms with E-state index in [-0.39, 0.29) is 5.91 Å². The second kappa shape index (κ2) is 4.97. The predicted octanol–water partition coefficient (Wildman–Crippen LogP) is 2.15. The second-order valence-corrected chi connectivity index (χ2v) is 6.12. The SMILES string of the molecule is CCC(C)(N)C(=O)N1CCC2CCCCC2C1. The number of carbonyl (C=O) groups is 1. The molecule has 0 bridgehead atoms. The molecule has 1 amide bonds. The minimum atomic E-state index is -0.665. The van der Waals surface area contributed by atoms with Crippen molar-refractivity contribution < 1.29 is 4.79 Å².